The molecule has 2 aromatic rings. The molecule has 0 aliphatic carbocycles. The number of hydrogen-bond acceptors (Lipinski definition) is 5. The summed E-state index contributed by atoms with van der Waals surface area (Å²) in [4.78, 5) is 13.6. The molecule has 2 aliphatic heterocycles. The van der Waals surface area contributed by atoms with E-state index in [0.717, 1.165) is 44.4 Å². The van der Waals surface area contributed by atoms with Crippen LogP contribution in [0.15, 0.2) is 42.6 Å². The van der Waals surface area contributed by atoms with Gasteiger partial charge in [0.2, 0.25) is 0 Å². The SMILES string of the molecule is Cc1nccc(N2C[C@@H]3OCCN(Cc4ccccc4)[C@H]3C2)n1. The Labute approximate surface area is 136 Å². The Bertz CT molecular complexity index is 663. The highest BCUT2D eigenvalue weighted by Crippen LogP contribution is 2.27. The molecule has 0 bridgehead atoms. The Morgan fingerprint density at radius 1 is 1.17 bits per heavy atom. The lowest BCUT2D eigenvalue weighted by Crippen LogP contribution is -2.50. The molecule has 5 nitrogen and oxygen atoms in total. The van der Waals surface area contributed by atoms with Crippen molar-refractivity contribution in [1.82, 2.24) is 14.9 Å². The van der Waals surface area contributed by atoms with E-state index in [4.69, 9.17) is 4.74 Å². The van der Waals surface area contributed by atoms with Gasteiger partial charge in [-0.2, -0.15) is 0 Å². The maximum atomic E-state index is 6.03. The Balaban J connectivity index is 1.50. The molecule has 2 saturated heterocycles. The summed E-state index contributed by atoms with van der Waals surface area (Å²) in [6.07, 6.45) is 2.10. The zero-order valence-corrected chi connectivity index (χ0v) is 13.4. The van der Waals surface area contributed by atoms with Gasteiger partial charge in [-0.3, -0.25) is 4.90 Å². The topological polar surface area (TPSA) is 41.5 Å². The van der Waals surface area contributed by atoms with Crippen LogP contribution in [0.3, 0.4) is 0 Å². The normalized spacial score (nSPS) is 24.7. The lowest BCUT2D eigenvalue weighted by molar-refractivity contribution is -0.0499. The fourth-order valence-electron chi connectivity index (χ4n) is 3.58. The van der Waals surface area contributed by atoms with E-state index in [1.165, 1.54) is 5.56 Å². The first-order chi connectivity index (χ1) is 11.3. The van der Waals surface area contributed by atoms with Crippen molar-refractivity contribution in [2.24, 2.45) is 0 Å². The highest BCUT2D eigenvalue weighted by Gasteiger charge is 2.40. The largest absolute Gasteiger partial charge is 0.373 e. The lowest BCUT2D eigenvalue weighted by Gasteiger charge is -2.36. The average molecular weight is 310 g/mol. The van der Waals surface area contributed by atoms with Crippen LogP contribution in [0.25, 0.3) is 0 Å². The number of anilines is 1. The Morgan fingerprint density at radius 2 is 2.04 bits per heavy atom. The second-order valence-electron chi connectivity index (χ2n) is 6.30. The van der Waals surface area contributed by atoms with Crippen LogP contribution in [-0.4, -0.2) is 53.3 Å². The van der Waals surface area contributed by atoms with Gasteiger partial charge in [-0.15, -0.1) is 0 Å². The Hall–Kier alpha value is -1.98. The summed E-state index contributed by atoms with van der Waals surface area (Å²) in [7, 11) is 0. The summed E-state index contributed by atoms with van der Waals surface area (Å²) in [6.45, 7) is 6.60. The molecule has 1 aromatic heterocycles. The number of fused-ring (bicyclic) bond motifs is 1. The van der Waals surface area contributed by atoms with Crippen LogP contribution in [0, 0.1) is 6.92 Å². The molecule has 120 valence electrons. The van der Waals surface area contributed by atoms with Crippen LogP contribution in [0.5, 0.6) is 0 Å². The van der Waals surface area contributed by atoms with Crippen LogP contribution in [0.2, 0.25) is 0 Å². The van der Waals surface area contributed by atoms with E-state index in [1.54, 1.807) is 0 Å². The van der Waals surface area contributed by atoms with Gasteiger partial charge in [-0.05, 0) is 18.6 Å². The van der Waals surface area contributed by atoms with Crippen molar-refractivity contribution in [3.05, 3.63) is 54.0 Å². The first-order valence-corrected chi connectivity index (χ1v) is 8.24. The number of benzene rings is 1. The molecule has 1 aromatic carbocycles. The molecule has 3 heterocycles. The number of aryl methyl sites for hydroxylation is 1. The molecule has 0 unspecified atom stereocenters. The lowest BCUT2D eigenvalue weighted by atomic mass is 10.1. The first-order valence-electron chi connectivity index (χ1n) is 8.24. The molecule has 0 saturated carbocycles. The van der Waals surface area contributed by atoms with Gasteiger partial charge in [-0.25, -0.2) is 9.97 Å². The fourth-order valence-corrected chi connectivity index (χ4v) is 3.58. The predicted octanol–water partition coefficient (Wildman–Crippen LogP) is 1.87. The van der Waals surface area contributed by atoms with Crippen molar-refractivity contribution in [3.8, 4) is 0 Å². The molecule has 2 atom stereocenters. The smallest absolute Gasteiger partial charge is 0.132 e. The average Bonchev–Trinajstić information content (AvgIpc) is 3.01. The number of aromatic nitrogens is 2. The van der Waals surface area contributed by atoms with Crippen LogP contribution in [0.1, 0.15) is 11.4 Å². The van der Waals surface area contributed by atoms with E-state index in [0.29, 0.717) is 6.04 Å². The summed E-state index contributed by atoms with van der Waals surface area (Å²) < 4.78 is 6.03. The predicted molar refractivity (Wildman–Crippen MR) is 89.4 cm³/mol. The van der Waals surface area contributed by atoms with Crippen LogP contribution in [-0.2, 0) is 11.3 Å². The summed E-state index contributed by atoms with van der Waals surface area (Å²) in [5.74, 6) is 1.83. The van der Waals surface area contributed by atoms with Gasteiger partial charge in [0, 0.05) is 32.4 Å². The number of ether oxygens (including phenoxy) is 1. The fraction of sp³-hybridized carbons (Fsp3) is 0.444. The number of rotatable bonds is 3. The van der Waals surface area contributed by atoms with Gasteiger partial charge in [0.1, 0.15) is 11.6 Å². The summed E-state index contributed by atoms with van der Waals surface area (Å²) in [6, 6.07) is 13.1. The monoisotopic (exact) mass is 310 g/mol. The quantitative estimate of drug-likeness (QED) is 0.866. The zero-order valence-electron chi connectivity index (χ0n) is 13.4. The van der Waals surface area contributed by atoms with E-state index in [1.807, 2.05) is 19.2 Å². The van der Waals surface area contributed by atoms with Crippen LogP contribution < -0.4 is 4.90 Å². The molecule has 5 heteroatoms. The molecular weight excluding hydrogens is 288 g/mol. The molecule has 0 radical (unpaired) electrons. The van der Waals surface area contributed by atoms with Crippen molar-refractivity contribution in [2.75, 3.05) is 31.1 Å². The van der Waals surface area contributed by atoms with Gasteiger partial charge < -0.3 is 9.64 Å². The molecule has 4 rings (SSSR count). The zero-order chi connectivity index (χ0) is 15.6. The molecule has 2 fully saturated rings. The highest BCUT2D eigenvalue weighted by molar-refractivity contribution is 5.40. The minimum absolute atomic E-state index is 0.266. The van der Waals surface area contributed by atoms with Gasteiger partial charge in [-0.1, -0.05) is 30.3 Å². The first kappa shape index (κ1) is 14.6. The van der Waals surface area contributed by atoms with Crippen molar-refractivity contribution < 1.29 is 4.74 Å². The second kappa shape index (κ2) is 6.26. The second-order valence-corrected chi connectivity index (χ2v) is 6.30. The molecule has 2 aliphatic rings. The Kier molecular flexibility index (Phi) is 3.97. The molecule has 0 spiro atoms. The maximum Gasteiger partial charge on any atom is 0.132 e. The van der Waals surface area contributed by atoms with E-state index in [9.17, 15) is 0 Å². The number of nitrogens with zero attached hydrogens (tertiary/aromatic N) is 4. The van der Waals surface area contributed by atoms with Crippen molar-refractivity contribution >= 4 is 5.82 Å². The minimum atomic E-state index is 0.266. The molecule has 23 heavy (non-hydrogen) atoms. The summed E-state index contributed by atoms with van der Waals surface area (Å²) >= 11 is 0. The summed E-state index contributed by atoms with van der Waals surface area (Å²) in [5, 5.41) is 0. The third-order valence-electron chi connectivity index (χ3n) is 4.73. The van der Waals surface area contributed by atoms with E-state index in [-0.39, 0.29) is 6.10 Å². The van der Waals surface area contributed by atoms with Gasteiger partial charge in [0.25, 0.3) is 0 Å². The van der Waals surface area contributed by atoms with E-state index < -0.39 is 0 Å². The molecule has 0 amide bonds. The minimum Gasteiger partial charge on any atom is -0.373 e. The standard InChI is InChI=1S/C18H22N4O/c1-14-19-8-7-18(20-14)22-12-16-17(13-22)23-10-9-21(16)11-15-5-3-2-4-6-15/h2-8,16-17H,9-13H2,1H3/t16-,17-/m0/s1. The van der Waals surface area contributed by atoms with Crippen molar-refractivity contribution in [3.63, 3.8) is 0 Å². The molecular formula is C18H22N4O. The third kappa shape index (κ3) is 3.07. The van der Waals surface area contributed by atoms with E-state index in [2.05, 4.69) is 50.1 Å². The maximum absolute atomic E-state index is 6.03. The number of morpholine rings is 1. The van der Waals surface area contributed by atoms with Crippen molar-refractivity contribution in [1.29, 1.82) is 0 Å². The van der Waals surface area contributed by atoms with Gasteiger partial charge >= 0.3 is 0 Å². The highest BCUT2D eigenvalue weighted by atomic mass is 16.5. The van der Waals surface area contributed by atoms with E-state index >= 15 is 0 Å². The Morgan fingerprint density at radius 3 is 2.87 bits per heavy atom. The molecule has 0 N–H and O–H groups in total. The third-order valence-corrected chi connectivity index (χ3v) is 4.73. The van der Waals surface area contributed by atoms with Gasteiger partial charge in [0.15, 0.2) is 0 Å². The van der Waals surface area contributed by atoms with Crippen LogP contribution in [0.4, 0.5) is 5.82 Å². The number of hydrogen-bond donors (Lipinski definition) is 0. The summed E-state index contributed by atoms with van der Waals surface area (Å²) in [5.41, 5.74) is 1.37. The van der Waals surface area contributed by atoms with Crippen molar-refractivity contribution in [2.45, 2.75) is 25.6 Å². The van der Waals surface area contributed by atoms with Gasteiger partial charge in [0.05, 0.1) is 18.8 Å². The van der Waals surface area contributed by atoms with Crippen LogP contribution >= 0.6 is 0 Å².